The van der Waals surface area contributed by atoms with E-state index in [9.17, 15) is 4.79 Å². The Morgan fingerprint density at radius 1 is 1.13 bits per heavy atom. The molecule has 4 atom stereocenters. The Kier molecular flexibility index (Phi) is 10.1. The molecule has 0 spiro atoms. The number of rotatable bonds is 13. The summed E-state index contributed by atoms with van der Waals surface area (Å²) in [5.74, 6) is 2.48. The van der Waals surface area contributed by atoms with Crippen LogP contribution in [0, 0.1) is 23.7 Å². The summed E-state index contributed by atoms with van der Waals surface area (Å²) < 4.78 is 22.1. The quantitative estimate of drug-likeness (QED) is 0.369. The molecule has 1 saturated heterocycles. The topological polar surface area (TPSA) is 80.0 Å². The number of carbonyl (C=O) groups is 1. The van der Waals surface area contributed by atoms with Gasteiger partial charge in [-0.3, -0.25) is 4.79 Å². The van der Waals surface area contributed by atoms with Crippen molar-refractivity contribution < 1.29 is 23.7 Å². The molecule has 1 aromatic carbocycles. The third kappa shape index (κ3) is 7.39. The zero-order valence-corrected chi connectivity index (χ0v) is 20.1. The van der Waals surface area contributed by atoms with E-state index in [-0.39, 0.29) is 30.0 Å². The Hall–Kier alpha value is -1.79. The minimum absolute atomic E-state index is 0.0343. The lowest BCUT2D eigenvalue weighted by atomic mass is 9.82. The van der Waals surface area contributed by atoms with Crippen LogP contribution in [0.2, 0.25) is 0 Å². The monoisotopic (exact) mass is 435 g/mol. The molecule has 0 aliphatic carbocycles. The molecule has 0 bridgehead atoms. The van der Waals surface area contributed by atoms with Crippen molar-refractivity contribution in [2.24, 2.45) is 29.4 Å². The van der Waals surface area contributed by atoms with Crippen molar-refractivity contribution in [3.8, 4) is 11.5 Å². The summed E-state index contributed by atoms with van der Waals surface area (Å²) >= 11 is 0. The van der Waals surface area contributed by atoms with E-state index in [1.807, 2.05) is 6.07 Å². The van der Waals surface area contributed by atoms with Crippen LogP contribution in [-0.4, -0.2) is 45.5 Å². The molecule has 31 heavy (non-hydrogen) atoms. The van der Waals surface area contributed by atoms with E-state index in [0.29, 0.717) is 25.0 Å². The van der Waals surface area contributed by atoms with Gasteiger partial charge in [0.05, 0.1) is 19.6 Å². The number of ether oxygens (including phenoxy) is 4. The van der Waals surface area contributed by atoms with Gasteiger partial charge in [-0.25, -0.2) is 0 Å². The average molecular weight is 436 g/mol. The van der Waals surface area contributed by atoms with Crippen molar-refractivity contribution in [2.45, 2.75) is 65.5 Å². The first-order chi connectivity index (χ1) is 14.8. The number of hydrogen-bond donors (Lipinski definition) is 1. The average Bonchev–Trinajstić information content (AvgIpc) is 3.13. The second kappa shape index (κ2) is 12.3. The summed E-state index contributed by atoms with van der Waals surface area (Å²) in [7, 11) is 3.34. The normalized spacial score (nSPS) is 20.7. The van der Waals surface area contributed by atoms with Crippen LogP contribution in [0.4, 0.5) is 0 Å². The van der Waals surface area contributed by atoms with Crippen LogP contribution in [0.5, 0.6) is 11.5 Å². The van der Waals surface area contributed by atoms with E-state index in [1.54, 1.807) is 14.2 Å². The molecule has 0 saturated carbocycles. The Balaban J connectivity index is 2.03. The number of esters is 1. The Labute approximate surface area is 187 Å². The lowest BCUT2D eigenvalue weighted by Gasteiger charge is -2.27. The molecule has 1 fully saturated rings. The lowest BCUT2D eigenvalue weighted by molar-refractivity contribution is -0.146. The molecule has 4 unspecified atom stereocenters. The fourth-order valence-corrected chi connectivity index (χ4v) is 4.18. The van der Waals surface area contributed by atoms with Crippen LogP contribution in [-0.2, 0) is 20.7 Å². The fourth-order valence-electron chi connectivity index (χ4n) is 4.18. The smallest absolute Gasteiger partial charge is 0.309 e. The minimum Gasteiger partial charge on any atom is -0.493 e. The third-order valence-electron chi connectivity index (χ3n) is 6.33. The summed E-state index contributed by atoms with van der Waals surface area (Å²) in [6.45, 7) is 9.82. The molecule has 0 amide bonds. The van der Waals surface area contributed by atoms with Crippen molar-refractivity contribution >= 4 is 5.97 Å². The van der Waals surface area contributed by atoms with Gasteiger partial charge in [0.1, 0.15) is 6.10 Å². The van der Waals surface area contributed by atoms with E-state index in [4.69, 9.17) is 24.7 Å². The van der Waals surface area contributed by atoms with Gasteiger partial charge in [0.15, 0.2) is 11.5 Å². The predicted molar refractivity (Wildman–Crippen MR) is 122 cm³/mol. The van der Waals surface area contributed by atoms with Crippen molar-refractivity contribution in [1.82, 2.24) is 0 Å². The van der Waals surface area contributed by atoms with Gasteiger partial charge in [-0.2, -0.15) is 0 Å². The van der Waals surface area contributed by atoms with Gasteiger partial charge in [0.2, 0.25) is 0 Å². The molecule has 0 radical (unpaired) electrons. The van der Waals surface area contributed by atoms with Crippen molar-refractivity contribution in [2.75, 3.05) is 27.4 Å². The summed E-state index contributed by atoms with van der Waals surface area (Å²) in [4.78, 5) is 12.2. The molecule has 1 aliphatic rings. The van der Waals surface area contributed by atoms with Gasteiger partial charge in [0.25, 0.3) is 0 Å². The van der Waals surface area contributed by atoms with Crippen LogP contribution in [0.15, 0.2) is 18.2 Å². The van der Waals surface area contributed by atoms with Crippen molar-refractivity contribution in [1.29, 1.82) is 0 Å². The zero-order valence-electron chi connectivity index (χ0n) is 20.1. The van der Waals surface area contributed by atoms with Gasteiger partial charge in [-0.1, -0.05) is 33.8 Å². The van der Waals surface area contributed by atoms with Crippen molar-refractivity contribution in [3.05, 3.63) is 23.8 Å². The molecule has 1 aliphatic heterocycles. The maximum Gasteiger partial charge on any atom is 0.309 e. The third-order valence-corrected chi connectivity index (χ3v) is 6.33. The SMILES string of the molecule is COCCCOc1cc(CC(CC(N)C2CC(C(C)C)C(=O)O2)C(C)C)ccc1OC. The zero-order chi connectivity index (χ0) is 23.0. The number of cyclic esters (lactones) is 1. The van der Waals surface area contributed by atoms with E-state index >= 15 is 0 Å². The molecular formula is C25H41NO5. The highest BCUT2D eigenvalue weighted by atomic mass is 16.6. The number of nitrogens with two attached hydrogens (primary N) is 1. The molecule has 1 heterocycles. The number of carbonyl (C=O) groups excluding carboxylic acids is 1. The van der Waals surface area contributed by atoms with Crippen LogP contribution in [0.3, 0.4) is 0 Å². The van der Waals surface area contributed by atoms with E-state index in [2.05, 4.69) is 39.8 Å². The summed E-state index contributed by atoms with van der Waals surface area (Å²) in [5.41, 5.74) is 7.72. The molecular weight excluding hydrogens is 394 g/mol. The molecule has 176 valence electrons. The first-order valence-corrected chi connectivity index (χ1v) is 11.5. The highest BCUT2D eigenvalue weighted by molar-refractivity contribution is 5.75. The van der Waals surface area contributed by atoms with Crippen LogP contribution < -0.4 is 15.2 Å². The first kappa shape index (κ1) is 25.5. The maximum atomic E-state index is 12.2. The Morgan fingerprint density at radius 3 is 2.45 bits per heavy atom. The lowest BCUT2D eigenvalue weighted by Crippen LogP contribution is -2.37. The van der Waals surface area contributed by atoms with E-state index in [0.717, 1.165) is 37.2 Å². The summed E-state index contributed by atoms with van der Waals surface area (Å²) in [6, 6.07) is 5.97. The van der Waals surface area contributed by atoms with E-state index in [1.165, 1.54) is 5.56 Å². The number of hydrogen-bond acceptors (Lipinski definition) is 6. The second-order valence-electron chi connectivity index (χ2n) is 9.35. The molecule has 0 aromatic heterocycles. The van der Waals surface area contributed by atoms with Gasteiger partial charge in [0, 0.05) is 26.2 Å². The molecule has 2 N–H and O–H groups in total. The Morgan fingerprint density at radius 2 is 1.87 bits per heavy atom. The maximum absolute atomic E-state index is 12.2. The first-order valence-electron chi connectivity index (χ1n) is 11.5. The molecule has 6 heteroatoms. The molecule has 2 rings (SSSR count). The Bertz CT molecular complexity index is 690. The summed E-state index contributed by atoms with van der Waals surface area (Å²) in [5, 5.41) is 0. The largest absolute Gasteiger partial charge is 0.493 e. The van der Waals surface area contributed by atoms with Crippen LogP contribution in [0.1, 0.15) is 52.5 Å². The van der Waals surface area contributed by atoms with Gasteiger partial charge in [-0.05, 0) is 54.7 Å². The molecule has 1 aromatic rings. The van der Waals surface area contributed by atoms with Gasteiger partial charge in [-0.15, -0.1) is 0 Å². The fraction of sp³-hybridized carbons (Fsp3) is 0.720. The van der Waals surface area contributed by atoms with Gasteiger partial charge < -0.3 is 24.7 Å². The van der Waals surface area contributed by atoms with Crippen LogP contribution >= 0.6 is 0 Å². The highest BCUT2D eigenvalue weighted by Gasteiger charge is 2.39. The summed E-state index contributed by atoms with van der Waals surface area (Å²) in [6.07, 6.45) is 3.07. The number of methoxy groups -OCH3 is 2. The van der Waals surface area contributed by atoms with Crippen LogP contribution in [0.25, 0.3) is 0 Å². The standard InChI is InChI=1S/C25H41NO5/c1-16(2)19(14-21(26)23-15-20(17(3)4)25(27)31-23)12-18-8-9-22(29-6)24(13-18)30-11-7-10-28-5/h8-9,13,16-17,19-21,23H,7,10-12,14-15,26H2,1-6H3. The van der Waals surface area contributed by atoms with E-state index < -0.39 is 0 Å². The van der Waals surface area contributed by atoms with Gasteiger partial charge >= 0.3 is 5.97 Å². The van der Waals surface area contributed by atoms with Crippen molar-refractivity contribution in [3.63, 3.8) is 0 Å². The molecule has 6 nitrogen and oxygen atoms in total. The second-order valence-corrected chi connectivity index (χ2v) is 9.35. The number of benzene rings is 1. The predicted octanol–water partition coefficient (Wildman–Crippen LogP) is 4.23. The minimum atomic E-state index is -0.184. The highest BCUT2D eigenvalue weighted by Crippen LogP contribution is 2.34.